The molecule has 144 valence electrons. The Balaban J connectivity index is 1.39. The average molecular weight is 388 g/mol. The van der Waals surface area contributed by atoms with Crippen molar-refractivity contribution < 1.29 is 19.4 Å². The number of nitrogens with zero attached hydrogens (tertiary/aromatic N) is 1. The highest BCUT2D eigenvalue weighted by atomic mass is 32.1. The number of methoxy groups -OCH3 is 1. The van der Waals surface area contributed by atoms with Crippen LogP contribution >= 0.6 is 11.3 Å². The van der Waals surface area contributed by atoms with E-state index in [1.54, 1.807) is 29.5 Å². The number of aliphatic hydroxyl groups is 1. The molecule has 0 bridgehead atoms. The van der Waals surface area contributed by atoms with Crippen LogP contribution in [0.5, 0.6) is 5.75 Å². The number of carbonyl (C=O) groups is 1. The van der Waals surface area contributed by atoms with Crippen molar-refractivity contribution >= 4 is 17.3 Å². The Bertz CT molecular complexity index is 778. The normalized spacial score (nSPS) is 27.9. The summed E-state index contributed by atoms with van der Waals surface area (Å²) < 4.78 is 10.8. The van der Waals surface area contributed by atoms with Gasteiger partial charge in [0.2, 0.25) is 0 Å². The van der Waals surface area contributed by atoms with Gasteiger partial charge in [-0.05, 0) is 54.3 Å². The fraction of sp³-hybridized carbons (Fsp3) is 0.476. The van der Waals surface area contributed by atoms with Crippen LogP contribution in [0.15, 0.2) is 41.8 Å². The summed E-state index contributed by atoms with van der Waals surface area (Å²) in [6.45, 7) is 3.09. The fourth-order valence-electron chi connectivity index (χ4n) is 4.36. The lowest BCUT2D eigenvalue weighted by molar-refractivity contribution is -0.0231. The third kappa shape index (κ3) is 4.18. The van der Waals surface area contributed by atoms with Crippen molar-refractivity contribution in [3.63, 3.8) is 0 Å². The zero-order chi connectivity index (χ0) is 18.8. The molecule has 6 heteroatoms. The Kier molecular flexibility index (Phi) is 5.48. The molecule has 2 fully saturated rings. The van der Waals surface area contributed by atoms with Crippen molar-refractivity contribution in [2.24, 2.45) is 11.8 Å². The summed E-state index contributed by atoms with van der Waals surface area (Å²) in [6, 6.07) is 11.3. The fourth-order valence-corrected chi connectivity index (χ4v) is 5.10. The monoisotopic (exact) mass is 387 g/mol. The number of hydrogen-bond donors (Lipinski definition) is 1. The highest BCUT2D eigenvalue weighted by molar-refractivity contribution is 7.09. The van der Waals surface area contributed by atoms with Crippen LogP contribution in [-0.2, 0) is 11.3 Å². The summed E-state index contributed by atoms with van der Waals surface area (Å²) >= 11 is 1.80. The molecule has 4 rings (SSSR count). The second kappa shape index (κ2) is 8.00. The molecule has 1 aliphatic carbocycles. The lowest BCUT2D eigenvalue weighted by Gasteiger charge is -2.35. The van der Waals surface area contributed by atoms with Gasteiger partial charge in [0, 0.05) is 24.5 Å². The average Bonchev–Trinajstić information content (AvgIpc) is 3.31. The minimum Gasteiger partial charge on any atom is -0.488 e. The maximum absolute atomic E-state index is 11.7. The maximum atomic E-state index is 11.7. The van der Waals surface area contributed by atoms with E-state index in [0.29, 0.717) is 23.1 Å². The van der Waals surface area contributed by atoms with Crippen LogP contribution in [-0.4, -0.2) is 48.4 Å². The van der Waals surface area contributed by atoms with Crippen molar-refractivity contribution in [1.29, 1.82) is 0 Å². The topological polar surface area (TPSA) is 59.0 Å². The quantitative estimate of drug-likeness (QED) is 0.799. The molecule has 2 heterocycles. The lowest BCUT2D eigenvalue weighted by atomic mass is 9.78. The first-order chi connectivity index (χ1) is 13.1. The Morgan fingerprint density at radius 1 is 1.22 bits per heavy atom. The van der Waals surface area contributed by atoms with Crippen LogP contribution in [0.3, 0.4) is 0 Å². The number of aliphatic hydroxyl groups excluding tert-OH is 1. The highest BCUT2D eigenvalue weighted by Crippen LogP contribution is 2.38. The van der Waals surface area contributed by atoms with Gasteiger partial charge >= 0.3 is 5.97 Å². The Morgan fingerprint density at radius 2 is 2.04 bits per heavy atom. The van der Waals surface area contributed by atoms with E-state index in [1.165, 1.54) is 12.0 Å². The van der Waals surface area contributed by atoms with E-state index in [-0.39, 0.29) is 12.1 Å². The highest BCUT2D eigenvalue weighted by Gasteiger charge is 2.42. The molecule has 5 nitrogen and oxygen atoms in total. The van der Waals surface area contributed by atoms with Crippen molar-refractivity contribution in [2.45, 2.75) is 31.6 Å². The van der Waals surface area contributed by atoms with Gasteiger partial charge in [-0.2, -0.15) is 0 Å². The number of thiophene rings is 1. The summed E-state index contributed by atoms with van der Waals surface area (Å²) in [6.07, 6.45) is 0.901. The van der Waals surface area contributed by atoms with Crippen molar-refractivity contribution in [3.8, 4) is 5.75 Å². The summed E-state index contributed by atoms with van der Waals surface area (Å²) in [4.78, 5) is 15.6. The third-order valence-electron chi connectivity index (χ3n) is 5.66. The van der Waals surface area contributed by atoms with Gasteiger partial charge in [0.05, 0.1) is 18.8 Å². The number of carbonyl (C=O) groups excluding carboxylic acids is 1. The first kappa shape index (κ1) is 18.5. The van der Waals surface area contributed by atoms with Gasteiger partial charge < -0.3 is 14.6 Å². The summed E-state index contributed by atoms with van der Waals surface area (Å²) in [5.41, 5.74) is 0.459. The van der Waals surface area contributed by atoms with Crippen molar-refractivity contribution in [3.05, 3.63) is 52.2 Å². The molecule has 1 saturated carbocycles. The molecule has 1 aromatic carbocycles. The molecule has 0 amide bonds. The number of rotatable bonds is 5. The van der Waals surface area contributed by atoms with Gasteiger partial charge in [0.15, 0.2) is 0 Å². The van der Waals surface area contributed by atoms with Crippen molar-refractivity contribution in [2.75, 3.05) is 20.2 Å². The zero-order valence-corrected chi connectivity index (χ0v) is 16.2. The number of esters is 1. The number of ether oxygens (including phenoxy) is 2. The first-order valence-corrected chi connectivity index (χ1v) is 10.3. The molecule has 0 unspecified atom stereocenters. The molecule has 0 spiro atoms. The van der Waals surface area contributed by atoms with E-state index in [1.807, 2.05) is 6.07 Å². The molecule has 2 aromatic rings. The van der Waals surface area contributed by atoms with Crippen LogP contribution in [0.4, 0.5) is 0 Å². The van der Waals surface area contributed by atoms with Crippen LogP contribution in [0, 0.1) is 11.8 Å². The van der Waals surface area contributed by atoms with E-state index in [9.17, 15) is 9.90 Å². The second-order valence-corrected chi connectivity index (χ2v) is 8.54. The van der Waals surface area contributed by atoms with E-state index >= 15 is 0 Å². The summed E-state index contributed by atoms with van der Waals surface area (Å²) in [5, 5.41) is 12.7. The number of benzene rings is 1. The van der Waals surface area contributed by atoms with Gasteiger partial charge in [0.25, 0.3) is 0 Å². The van der Waals surface area contributed by atoms with Gasteiger partial charge in [-0.15, -0.1) is 11.3 Å². The Morgan fingerprint density at radius 3 is 2.78 bits per heavy atom. The number of likely N-dealkylation sites (tertiary alicyclic amines) is 1. The first-order valence-electron chi connectivity index (χ1n) is 9.40. The smallest absolute Gasteiger partial charge is 0.337 e. The minimum absolute atomic E-state index is 0.235. The van der Waals surface area contributed by atoms with Crippen LogP contribution in [0.25, 0.3) is 0 Å². The summed E-state index contributed by atoms with van der Waals surface area (Å²) in [5.74, 6) is 1.29. The largest absolute Gasteiger partial charge is 0.488 e. The van der Waals surface area contributed by atoms with E-state index in [4.69, 9.17) is 9.47 Å². The van der Waals surface area contributed by atoms with Crippen LogP contribution < -0.4 is 4.74 Å². The molecule has 1 aromatic heterocycles. The molecular formula is C21H25NO4S. The number of fused-ring (bicyclic) bond motifs is 1. The molecular weight excluding hydrogens is 362 g/mol. The van der Waals surface area contributed by atoms with Gasteiger partial charge in [-0.3, -0.25) is 4.90 Å². The molecule has 27 heavy (non-hydrogen) atoms. The maximum Gasteiger partial charge on any atom is 0.337 e. The van der Waals surface area contributed by atoms with Crippen molar-refractivity contribution in [1.82, 2.24) is 4.90 Å². The lowest BCUT2D eigenvalue weighted by Crippen LogP contribution is -2.42. The predicted octanol–water partition coefficient (Wildman–Crippen LogP) is 3.19. The van der Waals surface area contributed by atoms with Gasteiger partial charge in [-0.25, -0.2) is 4.79 Å². The summed E-state index contributed by atoms with van der Waals surface area (Å²) in [7, 11) is 1.36. The predicted molar refractivity (Wildman–Crippen MR) is 104 cm³/mol. The second-order valence-electron chi connectivity index (χ2n) is 7.51. The van der Waals surface area contributed by atoms with Crippen LogP contribution in [0.2, 0.25) is 0 Å². The molecule has 2 aliphatic rings. The molecule has 1 N–H and O–H groups in total. The van der Waals surface area contributed by atoms with Gasteiger partial charge in [0.1, 0.15) is 11.9 Å². The van der Waals surface area contributed by atoms with E-state index in [2.05, 4.69) is 22.4 Å². The number of hydrogen-bond acceptors (Lipinski definition) is 6. The molecule has 0 radical (unpaired) electrons. The third-order valence-corrected chi connectivity index (χ3v) is 6.52. The zero-order valence-electron chi connectivity index (χ0n) is 15.4. The van der Waals surface area contributed by atoms with E-state index in [0.717, 1.165) is 32.5 Å². The molecule has 1 saturated heterocycles. The Hall–Kier alpha value is -1.89. The van der Waals surface area contributed by atoms with E-state index < -0.39 is 6.10 Å². The van der Waals surface area contributed by atoms with Gasteiger partial charge in [-0.1, -0.05) is 12.1 Å². The Labute approximate surface area is 163 Å². The minimum atomic E-state index is -0.477. The van der Waals surface area contributed by atoms with Crippen LogP contribution in [0.1, 0.15) is 28.1 Å². The molecule has 4 atom stereocenters. The molecule has 1 aliphatic heterocycles. The standard InChI is InChI=1S/C21H25NO4S/c1-25-21(24)14-4-2-5-17(8-14)26-20-10-16-12-22(11-15(16)9-19(20)23)13-18-6-3-7-27-18/h2-8,15-16,19-20,23H,9-13H2,1H3/t15-,16+,19+,20+/m0/s1. The SMILES string of the molecule is COC(=O)c1cccc(O[C@@H]2C[C@@H]3CN(Cc4cccs4)C[C@@H]3C[C@H]2O)c1.